The first-order valence-corrected chi connectivity index (χ1v) is 6.70. The molecular weight excluding hydrogens is 202 g/mol. The first-order valence-electron chi connectivity index (χ1n) is 6.70. The van der Waals surface area contributed by atoms with E-state index in [9.17, 15) is 5.11 Å². The molecule has 1 fully saturated rings. The van der Waals surface area contributed by atoms with Crippen LogP contribution < -0.4 is 0 Å². The molecule has 0 aromatic heterocycles. The number of aliphatic hydroxyl groups excluding tert-OH is 1. The summed E-state index contributed by atoms with van der Waals surface area (Å²) in [6, 6.07) is 0. The van der Waals surface area contributed by atoms with Crippen molar-refractivity contribution in [2.45, 2.75) is 58.2 Å². The van der Waals surface area contributed by atoms with E-state index in [4.69, 9.17) is 4.74 Å². The van der Waals surface area contributed by atoms with Gasteiger partial charge in [0.2, 0.25) is 0 Å². The van der Waals surface area contributed by atoms with Gasteiger partial charge < -0.3 is 14.7 Å². The van der Waals surface area contributed by atoms with Gasteiger partial charge in [0.25, 0.3) is 0 Å². The standard InChI is InChI=1S/C13H27NO2/c1-12(2)16-11-13(15)7-4-3-5-8-14-9-6-10-14/h12-13,15H,3-11H2,1-2H3/t13-/m0/s1. The second kappa shape index (κ2) is 8.04. The molecule has 1 rings (SSSR count). The highest BCUT2D eigenvalue weighted by Gasteiger charge is 2.12. The highest BCUT2D eigenvalue weighted by molar-refractivity contribution is 4.67. The number of unbranched alkanes of at least 4 members (excludes halogenated alkanes) is 2. The van der Waals surface area contributed by atoms with E-state index < -0.39 is 0 Å². The Labute approximate surface area is 99.8 Å². The summed E-state index contributed by atoms with van der Waals surface area (Å²) in [4.78, 5) is 2.50. The van der Waals surface area contributed by atoms with Crippen LogP contribution in [-0.4, -0.2) is 48.5 Å². The van der Waals surface area contributed by atoms with Crippen molar-refractivity contribution >= 4 is 0 Å². The van der Waals surface area contributed by atoms with Crippen LogP contribution in [0.1, 0.15) is 46.0 Å². The molecule has 0 aromatic rings. The highest BCUT2D eigenvalue weighted by Crippen LogP contribution is 2.10. The summed E-state index contributed by atoms with van der Waals surface area (Å²) in [5.74, 6) is 0. The third kappa shape index (κ3) is 6.46. The van der Waals surface area contributed by atoms with Crippen molar-refractivity contribution in [1.82, 2.24) is 4.90 Å². The van der Waals surface area contributed by atoms with Crippen molar-refractivity contribution < 1.29 is 9.84 Å². The Morgan fingerprint density at radius 1 is 1.19 bits per heavy atom. The van der Waals surface area contributed by atoms with Gasteiger partial charge in [-0.05, 0) is 52.7 Å². The zero-order chi connectivity index (χ0) is 11.8. The molecular formula is C13H27NO2. The predicted octanol–water partition coefficient (Wildman–Crippen LogP) is 2.04. The van der Waals surface area contributed by atoms with E-state index in [-0.39, 0.29) is 12.2 Å². The molecule has 0 unspecified atom stereocenters. The smallest absolute Gasteiger partial charge is 0.0773 e. The fraction of sp³-hybridized carbons (Fsp3) is 1.00. The minimum Gasteiger partial charge on any atom is -0.391 e. The quantitative estimate of drug-likeness (QED) is 0.614. The summed E-state index contributed by atoms with van der Waals surface area (Å²) in [6.07, 6.45) is 5.84. The predicted molar refractivity (Wildman–Crippen MR) is 66.6 cm³/mol. The van der Waals surface area contributed by atoms with Crippen molar-refractivity contribution in [2.75, 3.05) is 26.2 Å². The minimum absolute atomic E-state index is 0.223. The lowest BCUT2D eigenvalue weighted by atomic mass is 10.1. The van der Waals surface area contributed by atoms with E-state index in [1.54, 1.807) is 0 Å². The molecule has 1 N–H and O–H groups in total. The van der Waals surface area contributed by atoms with E-state index in [1.165, 1.54) is 38.9 Å². The Kier molecular flexibility index (Phi) is 7.01. The van der Waals surface area contributed by atoms with Crippen LogP contribution in [0.15, 0.2) is 0 Å². The molecule has 96 valence electrons. The Balaban J connectivity index is 1.82. The Bertz CT molecular complexity index is 169. The van der Waals surface area contributed by atoms with Gasteiger partial charge >= 0.3 is 0 Å². The number of aliphatic hydroxyl groups is 1. The summed E-state index contributed by atoms with van der Waals surface area (Å²) in [7, 11) is 0. The zero-order valence-corrected chi connectivity index (χ0v) is 10.8. The second-order valence-corrected chi connectivity index (χ2v) is 5.08. The molecule has 0 bridgehead atoms. The molecule has 3 heteroatoms. The summed E-state index contributed by atoms with van der Waals surface area (Å²) in [5.41, 5.74) is 0. The fourth-order valence-electron chi connectivity index (χ4n) is 1.88. The zero-order valence-electron chi connectivity index (χ0n) is 10.8. The Morgan fingerprint density at radius 3 is 2.50 bits per heavy atom. The van der Waals surface area contributed by atoms with Gasteiger partial charge in [0.1, 0.15) is 0 Å². The van der Waals surface area contributed by atoms with Gasteiger partial charge in [-0.25, -0.2) is 0 Å². The molecule has 1 saturated heterocycles. The maximum absolute atomic E-state index is 9.63. The summed E-state index contributed by atoms with van der Waals surface area (Å²) >= 11 is 0. The minimum atomic E-state index is -0.272. The van der Waals surface area contributed by atoms with E-state index in [2.05, 4.69) is 4.90 Å². The van der Waals surface area contributed by atoms with Crippen molar-refractivity contribution in [1.29, 1.82) is 0 Å². The van der Waals surface area contributed by atoms with E-state index in [0.29, 0.717) is 6.61 Å². The molecule has 0 aliphatic carbocycles. The van der Waals surface area contributed by atoms with Gasteiger partial charge in [-0.3, -0.25) is 0 Å². The summed E-state index contributed by atoms with van der Waals surface area (Å²) < 4.78 is 5.37. The van der Waals surface area contributed by atoms with Crippen LogP contribution >= 0.6 is 0 Å². The van der Waals surface area contributed by atoms with Crippen LogP contribution in [0, 0.1) is 0 Å². The first-order chi connectivity index (χ1) is 7.68. The summed E-state index contributed by atoms with van der Waals surface area (Å²) in [6.45, 7) is 8.33. The topological polar surface area (TPSA) is 32.7 Å². The second-order valence-electron chi connectivity index (χ2n) is 5.08. The highest BCUT2D eigenvalue weighted by atomic mass is 16.5. The molecule has 0 amide bonds. The van der Waals surface area contributed by atoms with Gasteiger partial charge in [0.15, 0.2) is 0 Å². The molecule has 0 saturated carbocycles. The fourth-order valence-corrected chi connectivity index (χ4v) is 1.88. The van der Waals surface area contributed by atoms with Gasteiger partial charge in [-0.15, -0.1) is 0 Å². The van der Waals surface area contributed by atoms with Crippen molar-refractivity contribution in [3.05, 3.63) is 0 Å². The maximum atomic E-state index is 9.63. The molecule has 1 aliphatic heterocycles. The van der Waals surface area contributed by atoms with Gasteiger partial charge in [0.05, 0.1) is 18.8 Å². The largest absolute Gasteiger partial charge is 0.391 e. The van der Waals surface area contributed by atoms with Crippen molar-refractivity contribution in [3.63, 3.8) is 0 Å². The lowest BCUT2D eigenvalue weighted by molar-refractivity contribution is 0.00169. The van der Waals surface area contributed by atoms with Gasteiger partial charge in [-0.1, -0.05) is 12.8 Å². The van der Waals surface area contributed by atoms with Crippen LogP contribution in [0.3, 0.4) is 0 Å². The Morgan fingerprint density at radius 2 is 1.94 bits per heavy atom. The van der Waals surface area contributed by atoms with Crippen LogP contribution in [0.25, 0.3) is 0 Å². The molecule has 1 aliphatic rings. The van der Waals surface area contributed by atoms with Crippen LogP contribution in [-0.2, 0) is 4.74 Å². The summed E-state index contributed by atoms with van der Waals surface area (Å²) in [5, 5.41) is 9.63. The van der Waals surface area contributed by atoms with Gasteiger partial charge in [-0.2, -0.15) is 0 Å². The monoisotopic (exact) mass is 229 g/mol. The number of nitrogens with zero attached hydrogens (tertiary/aromatic N) is 1. The lowest BCUT2D eigenvalue weighted by Crippen LogP contribution is -2.37. The maximum Gasteiger partial charge on any atom is 0.0773 e. The van der Waals surface area contributed by atoms with Crippen molar-refractivity contribution in [3.8, 4) is 0 Å². The molecule has 3 nitrogen and oxygen atoms in total. The van der Waals surface area contributed by atoms with Crippen LogP contribution in [0.2, 0.25) is 0 Å². The molecule has 16 heavy (non-hydrogen) atoms. The normalized spacial score (nSPS) is 18.8. The molecule has 0 spiro atoms. The molecule has 1 atom stereocenters. The number of likely N-dealkylation sites (tertiary alicyclic amines) is 1. The molecule has 0 radical (unpaired) electrons. The van der Waals surface area contributed by atoms with Crippen LogP contribution in [0.5, 0.6) is 0 Å². The lowest BCUT2D eigenvalue weighted by Gasteiger charge is -2.30. The first kappa shape index (κ1) is 13.9. The SMILES string of the molecule is CC(C)OC[C@@H](O)CCCCCN1CCC1. The third-order valence-corrected chi connectivity index (χ3v) is 3.08. The third-order valence-electron chi connectivity index (χ3n) is 3.08. The van der Waals surface area contributed by atoms with Crippen LogP contribution in [0.4, 0.5) is 0 Å². The molecule has 0 aromatic carbocycles. The number of hydrogen-bond acceptors (Lipinski definition) is 3. The average Bonchev–Trinajstić information content (AvgIpc) is 2.17. The van der Waals surface area contributed by atoms with Crippen molar-refractivity contribution in [2.24, 2.45) is 0 Å². The number of ether oxygens (including phenoxy) is 1. The molecule has 1 heterocycles. The Hall–Kier alpha value is -0.120. The number of rotatable bonds is 9. The van der Waals surface area contributed by atoms with E-state index in [0.717, 1.165) is 12.8 Å². The number of hydrogen-bond donors (Lipinski definition) is 1. The van der Waals surface area contributed by atoms with E-state index >= 15 is 0 Å². The average molecular weight is 229 g/mol. The van der Waals surface area contributed by atoms with E-state index in [1.807, 2.05) is 13.8 Å². The van der Waals surface area contributed by atoms with Gasteiger partial charge in [0, 0.05) is 0 Å².